The van der Waals surface area contributed by atoms with Crippen LogP contribution in [-0.2, 0) is 0 Å². The van der Waals surface area contributed by atoms with E-state index in [1.807, 2.05) is 6.08 Å². The molecule has 2 rings (SSSR count). The Bertz CT molecular complexity index is 288. The molecule has 10 heavy (non-hydrogen) atoms. The topological polar surface area (TPSA) is 28.0 Å². The van der Waals surface area contributed by atoms with Crippen LogP contribution in [-0.4, -0.2) is 23.6 Å². The molecule has 0 spiro atoms. The first-order chi connectivity index (χ1) is 4.97. The van der Waals surface area contributed by atoms with Crippen LogP contribution in [0.3, 0.4) is 0 Å². The highest BCUT2D eigenvalue weighted by molar-refractivity contribution is 6.03. The lowest BCUT2D eigenvalue weighted by atomic mass is 10.4. The minimum atomic E-state index is 0.601. The standard InChI is InChI=1S/C7H5N3/c1-3-9-7-2-4-8-6-10(7)5-1/h2,4,6H,3H2. The highest BCUT2D eigenvalue weighted by Crippen LogP contribution is 1.98. The number of fused-ring (bicyclic) bond motifs is 1. The predicted octanol–water partition coefficient (Wildman–Crippen LogP) is 0.217. The van der Waals surface area contributed by atoms with Gasteiger partial charge in [0.1, 0.15) is 18.7 Å². The van der Waals surface area contributed by atoms with Gasteiger partial charge in [0, 0.05) is 12.2 Å². The number of hydrogen-bond donors (Lipinski definition) is 0. The van der Waals surface area contributed by atoms with Crippen molar-refractivity contribution in [3.05, 3.63) is 12.3 Å². The van der Waals surface area contributed by atoms with Crippen molar-refractivity contribution in [1.82, 2.24) is 4.90 Å². The van der Waals surface area contributed by atoms with Gasteiger partial charge in [0.05, 0.1) is 0 Å². The summed E-state index contributed by atoms with van der Waals surface area (Å²) < 4.78 is 0. The maximum Gasteiger partial charge on any atom is 0.143 e. The molecule has 0 bridgehead atoms. The van der Waals surface area contributed by atoms with E-state index in [1.54, 1.807) is 17.4 Å². The van der Waals surface area contributed by atoms with Gasteiger partial charge in [-0.15, -0.1) is 0 Å². The van der Waals surface area contributed by atoms with Gasteiger partial charge in [0.2, 0.25) is 0 Å². The molecule has 3 heteroatoms. The summed E-state index contributed by atoms with van der Waals surface area (Å²) in [6.07, 6.45) is 5.21. The molecule has 0 amide bonds. The Labute approximate surface area is 58.8 Å². The minimum absolute atomic E-state index is 0.601. The second-order valence-corrected chi connectivity index (χ2v) is 1.91. The van der Waals surface area contributed by atoms with Crippen LogP contribution in [0.15, 0.2) is 22.3 Å². The Balaban J connectivity index is 2.37. The van der Waals surface area contributed by atoms with Crippen LogP contribution in [0.2, 0.25) is 0 Å². The van der Waals surface area contributed by atoms with E-state index in [1.165, 1.54) is 0 Å². The van der Waals surface area contributed by atoms with Crippen molar-refractivity contribution < 1.29 is 0 Å². The summed E-state index contributed by atoms with van der Waals surface area (Å²) in [5, 5.41) is 0. The molecule has 0 aromatic heterocycles. The first-order valence-electron chi connectivity index (χ1n) is 2.99. The maximum atomic E-state index is 4.14. The van der Waals surface area contributed by atoms with E-state index in [0.29, 0.717) is 6.54 Å². The van der Waals surface area contributed by atoms with Gasteiger partial charge in [-0.05, 0) is 6.08 Å². The van der Waals surface area contributed by atoms with E-state index >= 15 is 0 Å². The maximum absolute atomic E-state index is 4.14. The van der Waals surface area contributed by atoms with E-state index in [9.17, 15) is 0 Å². The van der Waals surface area contributed by atoms with Crippen LogP contribution >= 0.6 is 0 Å². The van der Waals surface area contributed by atoms with Crippen LogP contribution in [0.1, 0.15) is 0 Å². The first kappa shape index (κ1) is 5.24. The number of nitrogens with zero attached hydrogens (tertiary/aromatic N) is 3. The van der Waals surface area contributed by atoms with Gasteiger partial charge in [0.15, 0.2) is 0 Å². The average molecular weight is 131 g/mol. The Morgan fingerprint density at radius 2 is 2.60 bits per heavy atom. The van der Waals surface area contributed by atoms with Crippen LogP contribution in [0, 0.1) is 12.0 Å². The molecular formula is C7H5N3. The Morgan fingerprint density at radius 3 is 3.50 bits per heavy atom. The van der Waals surface area contributed by atoms with Gasteiger partial charge in [-0.3, -0.25) is 4.99 Å². The fourth-order valence-electron chi connectivity index (χ4n) is 0.810. The largest absolute Gasteiger partial charge is 0.254 e. The van der Waals surface area contributed by atoms with Gasteiger partial charge >= 0.3 is 0 Å². The summed E-state index contributed by atoms with van der Waals surface area (Å²) >= 11 is 0. The molecule has 0 fully saturated rings. The zero-order valence-electron chi connectivity index (χ0n) is 5.28. The van der Waals surface area contributed by atoms with Crippen LogP contribution in [0.4, 0.5) is 0 Å². The molecule has 48 valence electrons. The molecule has 0 unspecified atom stereocenters. The SMILES string of the molecule is C1#CN2C=NC=CC2=NC1. The number of rotatable bonds is 0. The van der Waals surface area contributed by atoms with Crippen LogP contribution in [0.5, 0.6) is 0 Å². The Kier molecular flexibility index (Phi) is 1.05. The average Bonchev–Trinajstić information content (AvgIpc) is 2.05. The third kappa shape index (κ3) is 0.705. The lowest BCUT2D eigenvalue weighted by Gasteiger charge is -2.15. The Morgan fingerprint density at radius 1 is 1.60 bits per heavy atom. The van der Waals surface area contributed by atoms with Crippen molar-refractivity contribution >= 4 is 12.2 Å². The van der Waals surface area contributed by atoms with Crippen LogP contribution in [0.25, 0.3) is 0 Å². The fourth-order valence-corrected chi connectivity index (χ4v) is 0.810. The summed E-state index contributed by atoms with van der Waals surface area (Å²) in [5.41, 5.74) is 0. The molecule has 0 radical (unpaired) electrons. The third-order valence-electron chi connectivity index (χ3n) is 1.26. The van der Waals surface area contributed by atoms with E-state index < -0.39 is 0 Å². The molecule has 0 atom stereocenters. The summed E-state index contributed by atoms with van der Waals surface area (Å²) in [6, 6.07) is 2.87. The molecule has 2 aliphatic rings. The molecule has 0 saturated heterocycles. The van der Waals surface area contributed by atoms with E-state index in [4.69, 9.17) is 0 Å². The molecule has 2 heterocycles. The molecule has 0 aliphatic carbocycles. The Hall–Kier alpha value is -1.56. The predicted molar refractivity (Wildman–Crippen MR) is 39.5 cm³/mol. The zero-order chi connectivity index (χ0) is 6.81. The van der Waals surface area contributed by atoms with Gasteiger partial charge in [-0.1, -0.05) is 5.92 Å². The number of amidine groups is 1. The van der Waals surface area contributed by atoms with E-state index in [-0.39, 0.29) is 0 Å². The molecular weight excluding hydrogens is 126 g/mol. The quantitative estimate of drug-likeness (QED) is 0.432. The van der Waals surface area contributed by atoms with Crippen molar-refractivity contribution in [2.75, 3.05) is 6.54 Å². The van der Waals surface area contributed by atoms with Gasteiger partial charge in [-0.2, -0.15) is 0 Å². The van der Waals surface area contributed by atoms with E-state index in [0.717, 1.165) is 5.84 Å². The monoisotopic (exact) mass is 131 g/mol. The molecule has 0 aromatic rings. The molecule has 2 aliphatic heterocycles. The highest BCUT2D eigenvalue weighted by Gasteiger charge is 2.07. The molecule has 0 N–H and O–H groups in total. The smallest absolute Gasteiger partial charge is 0.143 e. The lowest BCUT2D eigenvalue weighted by Crippen LogP contribution is -2.27. The number of aliphatic imine (C=N–C) groups is 2. The molecule has 3 nitrogen and oxygen atoms in total. The minimum Gasteiger partial charge on any atom is -0.254 e. The van der Waals surface area contributed by atoms with Crippen molar-refractivity contribution in [1.29, 1.82) is 0 Å². The second-order valence-electron chi connectivity index (χ2n) is 1.91. The summed E-state index contributed by atoms with van der Waals surface area (Å²) in [5.74, 6) is 3.73. The normalized spacial score (nSPS) is 19.2. The summed E-state index contributed by atoms with van der Waals surface area (Å²) in [6.45, 7) is 0.601. The molecule has 0 aromatic carbocycles. The lowest BCUT2D eigenvalue weighted by molar-refractivity contribution is 0.872. The summed E-state index contributed by atoms with van der Waals surface area (Å²) in [4.78, 5) is 9.75. The summed E-state index contributed by atoms with van der Waals surface area (Å²) in [7, 11) is 0. The van der Waals surface area contributed by atoms with Gasteiger partial charge < -0.3 is 0 Å². The number of hydrogen-bond acceptors (Lipinski definition) is 3. The second kappa shape index (κ2) is 1.99. The van der Waals surface area contributed by atoms with Gasteiger partial charge in [-0.25, -0.2) is 9.89 Å². The highest BCUT2D eigenvalue weighted by atomic mass is 15.2. The van der Waals surface area contributed by atoms with Crippen molar-refractivity contribution in [2.24, 2.45) is 9.98 Å². The van der Waals surface area contributed by atoms with Crippen molar-refractivity contribution in [2.45, 2.75) is 0 Å². The van der Waals surface area contributed by atoms with Crippen molar-refractivity contribution in [3.63, 3.8) is 0 Å². The zero-order valence-corrected chi connectivity index (χ0v) is 5.28. The molecule has 0 saturated carbocycles. The first-order valence-corrected chi connectivity index (χ1v) is 2.99. The van der Waals surface area contributed by atoms with Crippen molar-refractivity contribution in [3.8, 4) is 12.0 Å². The fraction of sp³-hybridized carbons (Fsp3) is 0.143. The van der Waals surface area contributed by atoms with Crippen LogP contribution < -0.4 is 0 Å². The van der Waals surface area contributed by atoms with E-state index in [2.05, 4.69) is 21.9 Å². The third-order valence-corrected chi connectivity index (χ3v) is 1.26. The van der Waals surface area contributed by atoms with Gasteiger partial charge in [0.25, 0.3) is 0 Å².